The Hall–Kier alpha value is -2.10. The largest absolute Gasteiger partial charge is 0.444 e. The van der Waals surface area contributed by atoms with Crippen LogP contribution in [0.5, 0.6) is 0 Å². The molecule has 1 aromatic carbocycles. The predicted molar refractivity (Wildman–Crippen MR) is 89.9 cm³/mol. The molecule has 4 nitrogen and oxygen atoms in total. The van der Waals surface area contributed by atoms with E-state index >= 15 is 0 Å². The van der Waals surface area contributed by atoms with Gasteiger partial charge in [-0.25, -0.2) is 4.98 Å². The van der Waals surface area contributed by atoms with Crippen LogP contribution in [-0.2, 0) is 11.2 Å². The maximum absolute atomic E-state index is 12.2. The first-order chi connectivity index (χ1) is 11.3. The molecule has 1 heterocycles. The van der Waals surface area contributed by atoms with Crippen LogP contribution in [-0.4, -0.2) is 16.9 Å². The van der Waals surface area contributed by atoms with Gasteiger partial charge in [-0.05, 0) is 25.0 Å². The lowest BCUT2D eigenvalue weighted by molar-refractivity contribution is -0.121. The van der Waals surface area contributed by atoms with Crippen LogP contribution in [0.3, 0.4) is 0 Å². The lowest BCUT2D eigenvalue weighted by Crippen LogP contribution is -2.36. The van der Waals surface area contributed by atoms with E-state index in [2.05, 4.69) is 10.3 Å². The maximum Gasteiger partial charge on any atom is 0.226 e. The van der Waals surface area contributed by atoms with Gasteiger partial charge in [-0.1, -0.05) is 50.3 Å². The van der Waals surface area contributed by atoms with Crippen molar-refractivity contribution in [3.63, 3.8) is 0 Å². The summed E-state index contributed by atoms with van der Waals surface area (Å²) in [6.07, 6.45) is 10.4. The zero-order chi connectivity index (χ0) is 15.9. The molecule has 1 amide bonds. The molecule has 0 atom stereocenters. The smallest absolute Gasteiger partial charge is 0.226 e. The standard InChI is InChI=1S/C19H24N2O2/c22-18(20-16-11-7-2-1-3-8-12-16)13-17-14-23-19(21-17)15-9-5-4-6-10-15/h4-6,9-10,14,16H,1-3,7-8,11-13H2,(H,20,22). The van der Waals surface area contributed by atoms with Gasteiger partial charge in [0.05, 0.1) is 12.1 Å². The zero-order valence-corrected chi connectivity index (χ0v) is 13.5. The number of benzene rings is 1. The van der Waals surface area contributed by atoms with Gasteiger partial charge in [0, 0.05) is 11.6 Å². The number of rotatable bonds is 4. The van der Waals surface area contributed by atoms with E-state index in [0.29, 0.717) is 17.6 Å². The van der Waals surface area contributed by atoms with E-state index in [1.54, 1.807) is 6.26 Å². The molecule has 1 aliphatic rings. The molecule has 0 unspecified atom stereocenters. The monoisotopic (exact) mass is 312 g/mol. The first-order valence-electron chi connectivity index (χ1n) is 8.60. The summed E-state index contributed by atoms with van der Waals surface area (Å²) in [5.74, 6) is 0.614. The minimum atomic E-state index is 0.0449. The topological polar surface area (TPSA) is 55.1 Å². The molecular weight excluding hydrogens is 288 g/mol. The third-order valence-corrected chi connectivity index (χ3v) is 4.38. The summed E-state index contributed by atoms with van der Waals surface area (Å²) < 4.78 is 5.49. The van der Waals surface area contributed by atoms with Gasteiger partial charge in [0.1, 0.15) is 6.26 Å². The second-order valence-corrected chi connectivity index (χ2v) is 6.30. The molecule has 122 valence electrons. The highest BCUT2D eigenvalue weighted by Crippen LogP contribution is 2.19. The Morgan fingerprint density at radius 1 is 1.09 bits per heavy atom. The molecule has 2 aromatic rings. The molecule has 0 spiro atoms. The average Bonchev–Trinajstić information content (AvgIpc) is 2.99. The molecule has 0 bridgehead atoms. The molecule has 3 rings (SSSR count). The van der Waals surface area contributed by atoms with Crippen molar-refractivity contribution in [1.82, 2.24) is 10.3 Å². The summed E-state index contributed by atoms with van der Waals surface area (Å²) in [5, 5.41) is 3.16. The van der Waals surface area contributed by atoms with Crippen LogP contribution in [0, 0.1) is 0 Å². The van der Waals surface area contributed by atoms with E-state index < -0.39 is 0 Å². The number of nitrogens with zero attached hydrogens (tertiary/aromatic N) is 1. The molecule has 4 heteroatoms. The minimum absolute atomic E-state index is 0.0449. The Labute approximate surface area is 137 Å². The quantitative estimate of drug-likeness (QED) is 0.924. The van der Waals surface area contributed by atoms with Crippen molar-refractivity contribution in [3.8, 4) is 11.5 Å². The average molecular weight is 312 g/mol. The second-order valence-electron chi connectivity index (χ2n) is 6.30. The maximum atomic E-state index is 12.2. The number of carbonyl (C=O) groups is 1. The summed E-state index contributed by atoms with van der Waals surface area (Å²) in [6, 6.07) is 10.1. The first-order valence-corrected chi connectivity index (χ1v) is 8.60. The molecule has 0 radical (unpaired) electrons. The molecule has 0 saturated heterocycles. The number of amides is 1. The number of hydrogen-bond donors (Lipinski definition) is 1. The van der Waals surface area contributed by atoms with Crippen LogP contribution in [0.2, 0.25) is 0 Å². The van der Waals surface area contributed by atoms with Crippen molar-refractivity contribution >= 4 is 5.91 Å². The van der Waals surface area contributed by atoms with Gasteiger partial charge < -0.3 is 9.73 Å². The van der Waals surface area contributed by atoms with Crippen molar-refractivity contribution < 1.29 is 9.21 Å². The molecule has 1 fully saturated rings. The van der Waals surface area contributed by atoms with Crippen molar-refractivity contribution in [1.29, 1.82) is 0 Å². The Kier molecular flexibility index (Phi) is 5.46. The fourth-order valence-electron chi connectivity index (χ4n) is 3.15. The Balaban J connectivity index is 1.54. The fraction of sp³-hybridized carbons (Fsp3) is 0.474. The van der Waals surface area contributed by atoms with Crippen LogP contribution >= 0.6 is 0 Å². The van der Waals surface area contributed by atoms with Crippen LogP contribution in [0.1, 0.15) is 50.6 Å². The molecule has 1 saturated carbocycles. The van der Waals surface area contributed by atoms with Crippen LogP contribution in [0.4, 0.5) is 0 Å². The number of hydrogen-bond acceptors (Lipinski definition) is 3. The highest BCUT2D eigenvalue weighted by Gasteiger charge is 2.16. The highest BCUT2D eigenvalue weighted by molar-refractivity contribution is 5.78. The Morgan fingerprint density at radius 2 is 1.78 bits per heavy atom. The molecule has 1 aromatic heterocycles. The summed E-state index contributed by atoms with van der Waals surface area (Å²) >= 11 is 0. The van der Waals surface area contributed by atoms with Crippen molar-refractivity contribution in [3.05, 3.63) is 42.3 Å². The summed E-state index contributed by atoms with van der Waals surface area (Å²) in [4.78, 5) is 16.7. The normalized spacial score (nSPS) is 16.5. The van der Waals surface area contributed by atoms with Gasteiger partial charge in [0.2, 0.25) is 11.8 Å². The molecule has 1 aliphatic carbocycles. The Morgan fingerprint density at radius 3 is 2.52 bits per heavy atom. The number of oxazole rings is 1. The van der Waals surface area contributed by atoms with Gasteiger partial charge in [0.15, 0.2) is 0 Å². The van der Waals surface area contributed by atoms with E-state index in [4.69, 9.17) is 4.42 Å². The predicted octanol–water partition coefficient (Wildman–Crippen LogP) is 4.11. The first kappa shape index (κ1) is 15.8. The molecular formula is C19H24N2O2. The SMILES string of the molecule is O=C(Cc1coc(-c2ccccc2)n1)NC1CCCCCCC1. The van der Waals surface area contributed by atoms with Crippen molar-refractivity contribution in [2.24, 2.45) is 0 Å². The van der Waals surface area contributed by atoms with E-state index in [0.717, 1.165) is 18.4 Å². The summed E-state index contributed by atoms with van der Waals surface area (Å²) in [5.41, 5.74) is 1.62. The van der Waals surface area contributed by atoms with Gasteiger partial charge in [-0.15, -0.1) is 0 Å². The summed E-state index contributed by atoms with van der Waals surface area (Å²) in [7, 11) is 0. The van der Waals surface area contributed by atoms with E-state index in [-0.39, 0.29) is 12.3 Å². The van der Waals surface area contributed by atoms with Crippen molar-refractivity contribution in [2.45, 2.75) is 57.4 Å². The second kappa shape index (κ2) is 7.95. The molecule has 1 N–H and O–H groups in total. The highest BCUT2D eigenvalue weighted by atomic mass is 16.3. The van der Waals surface area contributed by atoms with Crippen LogP contribution in [0.15, 0.2) is 41.0 Å². The number of carbonyl (C=O) groups excluding carboxylic acids is 1. The van der Waals surface area contributed by atoms with E-state index in [1.165, 1.54) is 32.1 Å². The third kappa shape index (κ3) is 4.68. The zero-order valence-electron chi connectivity index (χ0n) is 13.5. The van der Waals surface area contributed by atoms with E-state index in [1.807, 2.05) is 30.3 Å². The molecule has 23 heavy (non-hydrogen) atoms. The minimum Gasteiger partial charge on any atom is -0.444 e. The van der Waals surface area contributed by atoms with Gasteiger partial charge in [0.25, 0.3) is 0 Å². The van der Waals surface area contributed by atoms with Crippen LogP contribution < -0.4 is 5.32 Å². The summed E-state index contributed by atoms with van der Waals surface area (Å²) in [6.45, 7) is 0. The Bertz CT molecular complexity index is 613. The number of nitrogens with one attached hydrogen (secondary N) is 1. The van der Waals surface area contributed by atoms with Crippen molar-refractivity contribution in [2.75, 3.05) is 0 Å². The van der Waals surface area contributed by atoms with Gasteiger partial charge in [-0.2, -0.15) is 0 Å². The van der Waals surface area contributed by atoms with E-state index in [9.17, 15) is 4.79 Å². The molecule has 0 aliphatic heterocycles. The fourth-order valence-corrected chi connectivity index (χ4v) is 3.15. The lowest BCUT2D eigenvalue weighted by atomic mass is 9.96. The van der Waals surface area contributed by atoms with Gasteiger partial charge >= 0.3 is 0 Å². The lowest BCUT2D eigenvalue weighted by Gasteiger charge is -2.20. The van der Waals surface area contributed by atoms with Crippen LogP contribution in [0.25, 0.3) is 11.5 Å². The van der Waals surface area contributed by atoms with Gasteiger partial charge in [-0.3, -0.25) is 4.79 Å². The number of aromatic nitrogens is 1. The third-order valence-electron chi connectivity index (χ3n) is 4.38.